The zero-order chi connectivity index (χ0) is 12.7. The molecule has 15 heavy (non-hydrogen) atoms. The van der Waals surface area contributed by atoms with Gasteiger partial charge in [-0.05, 0) is 0 Å². The summed E-state index contributed by atoms with van der Waals surface area (Å²) in [6.45, 7) is -0.278. The zero-order valence-corrected chi connectivity index (χ0v) is 9.58. The molecule has 0 bridgehead atoms. The van der Waals surface area contributed by atoms with E-state index in [9.17, 15) is 9.13 Å². The van der Waals surface area contributed by atoms with Crippen LogP contribution in [0, 0.1) is 10.8 Å². The van der Waals surface area contributed by atoms with E-state index in [4.69, 9.17) is 30.8 Å². The number of rotatable bonds is 4. The Morgan fingerprint density at radius 1 is 1.00 bits per heavy atom. The van der Waals surface area contributed by atoms with Gasteiger partial charge in [-0.3, -0.25) is 9.13 Å². The standard InChI is InChI=1S/2C2H5NO.H4O5P2/c2*3-1-2-4;1-6(2)5-7(3)4/h2*1,3-4H,2H2;6-7H,(H,1,2)(H,3,4). The minimum atomic E-state index is -3.20. The van der Waals surface area contributed by atoms with Gasteiger partial charge in [0.1, 0.15) is 0 Å². The molecule has 0 radical (unpaired) electrons. The predicted octanol–water partition coefficient (Wildman–Crippen LogP) is -0.976. The average Bonchev–Trinajstić information content (AvgIpc) is 2.16. The molecule has 0 aromatic heterocycles. The molecule has 0 fully saturated rings. The quantitative estimate of drug-likeness (QED) is 0.279. The first-order valence-corrected chi connectivity index (χ1v) is 5.82. The lowest BCUT2D eigenvalue weighted by atomic mass is 10.8. The normalized spacial score (nSPS) is 12.0. The summed E-state index contributed by atoms with van der Waals surface area (Å²) >= 11 is 0. The molecule has 0 amide bonds. The highest BCUT2D eigenvalue weighted by molar-refractivity contribution is 7.46. The van der Waals surface area contributed by atoms with Crippen molar-refractivity contribution in [1.29, 1.82) is 10.8 Å². The van der Waals surface area contributed by atoms with E-state index < -0.39 is 16.5 Å². The summed E-state index contributed by atoms with van der Waals surface area (Å²) in [7, 11) is -6.40. The monoisotopic (exact) mass is 264 g/mol. The van der Waals surface area contributed by atoms with E-state index in [2.05, 4.69) is 4.31 Å². The Morgan fingerprint density at radius 3 is 1.20 bits per heavy atom. The van der Waals surface area contributed by atoms with Gasteiger partial charge in [0.25, 0.3) is 0 Å². The van der Waals surface area contributed by atoms with Crippen LogP contribution >= 0.6 is 16.5 Å². The maximum Gasteiger partial charge on any atom is 0.323 e. The summed E-state index contributed by atoms with van der Waals surface area (Å²) in [4.78, 5) is 15.4. The summed E-state index contributed by atoms with van der Waals surface area (Å²) < 4.78 is 22.3. The van der Waals surface area contributed by atoms with Crippen molar-refractivity contribution < 1.29 is 33.4 Å². The molecule has 0 aliphatic heterocycles. The molecule has 6 N–H and O–H groups in total. The first-order valence-electron chi connectivity index (χ1n) is 3.29. The van der Waals surface area contributed by atoms with Crippen LogP contribution in [0.4, 0.5) is 0 Å². The molecule has 0 rings (SSSR count). The number of aliphatic hydroxyl groups is 2. The molecule has 0 heterocycles. The Labute approximate surface area is 87.3 Å². The van der Waals surface area contributed by atoms with Crippen molar-refractivity contribution in [2.75, 3.05) is 13.2 Å². The first-order chi connectivity index (χ1) is 6.95. The van der Waals surface area contributed by atoms with Gasteiger partial charge in [0.15, 0.2) is 0 Å². The highest BCUT2D eigenvalue weighted by atomic mass is 31.2. The molecule has 92 valence electrons. The second-order valence-corrected chi connectivity index (χ2v) is 3.29. The number of nitrogens with one attached hydrogen (secondary N) is 2. The average molecular weight is 264 g/mol. The lowest BCUT2D eigenvalue weighted by molar-refractivity contribution is 0.360. The largest absolute Gasteiger partial charge is 0.391 e. The van der Waals surface area contributed by atoms with Gasteiger partial charge in [-0.2, -0.15) is 0 Å². The van der Waals surface area contributed by atoms with E-state index in [1.165, 1.54) is 0 Å². The predicted molar refractivity (Wildman–Crippen MR) is 55.3 cm³/mol. The zero-order valence-electron chi connectivity index (χ0n) is 7.58. The second kappa shape index (κ2) is 19.2. The molecule has 0 saturated heterocycles. The molecule has 0 aliphatic rings. The first kappa shape index (κ1) is 20.1. The fourth-order valence-electron chi connectivity index (χ4n) is 0.0747. The summed E-state index contributed by atoms with van der Waals surface area (Å²) in [5, 5.41) is 27.4. The maximum absolute atomic E-state index is 9.44. The highest BCUT2D eigenvalue weighted by Gasteiger charge is 1.93. The van der Waals surface area contributed by atoms with E-state index in [0.29, 0.717) is 0 Å². The summed E-state index contributed by atoms with van der Waals surface area (Å²) in [5.41, 5.74) is 0. The Morgan fingerprint density at radius 2 is 1.20 bits per heavy atom. The van der Waals surface area contributed by atoms with Gasteiger partial charge in [0, 0.05) is 12.4 Å². The lowest BCUT2D eigenvalue weighted by Crippen LogP contribution is -1.74. The van der Waals surface area contributed by atoms with Crippen molar-refractivity contribution in [2.45, 2.75) is 0 Å². The smallest absolute Gasteiger partial charge is 0.323 e. The minimum absolute atomic E-state index is 0.139. The number of hydrogen-bond acceptors (Lipinski definition) is 7. The van der Waals surface area contributed by atoms with E-state index >= 15 is 0 Å². The van der Waals surface area contributed by atoms with Crippen molar-refractivity contribution in [2.24, 2.45) is 0 Å². The molecule has 0 saturated carbocycles. The van der Waals surface area contributed by atoms with Crippen molar-refractivity contribution in [3.8, 4) is 0 Å². The number of aliphatic hydroxyl groups excluding tert-OH is 2. The fraction of sp³-hybridized carbons (Fsp3) is 0.500. The van der Waals surface area contributed by atoms with Crippen LogP contribution in [0.1, 0.15) is 0 Å². The van der Waals surface area contributed by atoms with Crippen LogP contribution in [0.5, 0.6) is 0 Å². The molecule has 11 heteroatoms. The molecule has 2 unspecified atom stereocenters. The van der Waals surface area contributed by atoms with Gasteiger partial charge in [-0.25, -0.2) is 4.31 Å². The van der Waals surface area contributed by atoms with Crippen LogP contribution in [0.2, 0.25) is 0 Å². The van der Waals surface area contributed by atoms with Crippen LogP contribution < -0.4 is 0 Å². The number of hydrogen-bond donors (Lipinski definition) is 6. The van der Waals surface area contributed by atoms with Crippen molar-refractivity contribution in [3.63, 3.8) is 0 Å². The lowest BCUT2D eigenvalue weighted by Gasteiger charge is -1.86. The van der Waals surface area contributed by atoms with E-state index in [0.717, 1.165) is 12.4 Å². The third-order valence-corrected chi connectivity index (χ3v) is 1.75. The maximum atomic E-state index is 9.44. The molecular weight excluding hydrogens is 250 g/mol. The van der Waals surface area contributed by atoms with E-state index in [1.54, 1.807) is 0 Å². The second-order valence-electron chi connectivity index (χ2n) is 1.41. The van der Waals surface area contributed by atoms with Crippen molar-refractivity contribution in [1.82, 2.24) is 0 Å². The van der Waals surface area contributed by atoms with Crippen LogP contribution in [-0.2, 0) is 13.4 Å². The molecule has 0 aliphatic carbocycles. The van der Waals surface area contributed by atoms with Gasteiger partial charge >= 0.3 is 16.5 Å². The van der Waals surface area contributed by atoms with Gasteiger partial charge in [0.05, 0.1) is 13.2 Å². The van der Waals surface area contributed by atoms with Gasteiger partial charge in [-0.15, -0.1) is 0 Å². The highest BCUT2D eigenvalue weighted by Crippen LogP contribution is 2.30. The Balaban J connectivity index is -0.000000155. The SMILES string of the molecule is N=CCO.N=CCO.O=[PH](O)O[PH](=O)O. The Hall–Kier alpha value is -0.400. The molecule has 0 aromatic rings. The van der Waals surface area contributed by atoms with Gasteiger partial charge in [0.2, 0.25) is 0 Å². The minimum Gasteiger partial charge on any atom is -0.391 e. The van der Waals surface area contributed by atoms with E-state index in [-0.39, 0.29) is 13.2 Å². The van der Waals surface area contributed by atoms with Crippen LogP contribution in [0.15, 0.2) is 0 Å². The van der Waals surface area contributed by atoms with Crippen LogP contribution in [-0.4, -0.2) is 45.6 Å². The molecule has 0 spiro atoms. The van der Waals surface area contributed by atoms with Crippen molar-refractivity contribution >= 4 is 28.9 Å². The van der Waals surface area contributed by atoms with Gasteiger partial charge in [-0.1, -0.05) is 0 Å². The topological polar surface area (TPSA) is 172 Å². The summed E-state index contributed by atoms with van der Waals surface area (Å²) in [5.74, 6) is 0. The Kier molecular flexibility index (Phi) is 25.7. The van der Waals surface area contributed by atoms with E-state index in [1.807, 2.05) is 0 Å². The van der Waals surface area contributed by atoms with Crippen molar-refractivity contribution in [3.05, 3.63) is 0 Å². The fourth-order valence-corrected chi connectivity index (χ4v) is 0.672. The van der Waals surface area contributed by atoms with Gasteiger partial charge < -0.3 is 30.8 Å². The molecular formula is C4H14N2O7P2. The molecule has 0 aromatic carbocycles. The third kappa shape index (κ3) is 58.4. The van der Waals surface area contributed by atoms with Crippen LogP contribution in [0.25, 0.3) is 0 Å². The molecule has 9 nitrogen and oxygen atoms in total. The van der Waals surface area contributed by atoms with Crippen LogP contribution in [0.3, 0.4) is 0 Å². The Bertz CT molecular complexity index is 179. The third-order valence-electron chi connectivity index (χ3n) is 0.357. The summed E-state index contributed by atoms with van der Waals surface area (Å²) in [6, 6.07) is 0. The summed E-state index contributed by atoms with van der Waals surface area (Å²) in [6.07, 6.45) is 1.86. The molecule has 2 atom stereocenters.